The highest BCUT2D eigenvalue weighted by molar-refractivity contribution is 7.10. The SMILES string of the molecule is COC(=O)C1CC(C(=O)N2CCNCC2)N(C(=O)C2CC2)C1c1cccs1. The van der Waals surface area contributed by atoms with Crippen LogP contribution in [0.1, 0.15) is 30.2 Å². The van der Waals surface area contributed by atoms with Crippen molar-refractivity contribution < 1.29 is 19.1 Å². The minimum absolute atomic E-state index is 0.00767. The van der Waals surface area contributed by atoms with Gasteiger partial charge in [0.15, 0.2) is 0 Å². The minimum atomic E-state index is -0.590. The van der Waals surface area contributed by atoms with Crippen LogP contribution in [0.3, 0.4) is 0 Å². The fraction of sp³-hybridized carbons (Fsp3) is 0.632. The van der Waals surface area contributed by atoms with Gasteiger partial charge in [0.05, 0.1) is 19.1 Å². The highest BCUT2D eigenvalue weighted by atomic mass is 32.1. The standard InChI is InChI=1S/C19H25N3O4S/c1-26-19(25)13-11-14(18(24)21-8-6-20-7-9-21)22(17(23)12-4-5-12)16(13)15-3-2-10-27-15/h2-3,10,12-14,16,20H,4-9,11H2,1H3. The zero-order valence-electron chi connectivity index (χ0n) is 15.4. The molecule has 1 aliphatic carbocycles. The van der Waals surface area contributed by atoms with Crippen LogP contribution in [0, 0.1) is 11.8 Å². The number of methoxy groups -OCH3 is 1. The largest absolute Gasteiger partial charge is 0.469 e. The van der Waals surface area contributed by atoms with Gasteiger partial charge in [0.1, 0.15) is 6.04 Å². The summed E-state index contributed by atoms with van der Waals surface area (Å²) in [5.74, 6) is -0.903. The molecule has 1 saturated carbocycles. The zero-order valence-corrected chi connectivity index (χ0v) is 16.2. The number of rotatable bonds is 4. The van der Waals surface area contributed by atoms with Crippen molar-refractivity contribution in [3.8, 4) is 0 Å². The lowest BCUT2D eigenvalue weighted by atomic mass is 9.97. The first-order chi connectivity index (χ1) is 13.1. The molecule has 146 valence electrons. The summed E-state index contributed by atoms with van der Waals surface area (Å²) in [5.41, 5.74) is 0. The number of carbonyl (C=O) groups is 3. The smallest absolute Gasteiger partial charge is 0.311 e. The molecule has 3 atom stereocenters. The highest BCUT2D eigenvalue weighted by Crippen LogP contribution is 2.46. The van der Waals surface area contributed by atoms with Crippen LogP contribution in [0.5, 0.6) is 0 Å². The molecule has 1 aromatic heterocycles. The first kappa shape index (κ1) is 18.4. The van der Waals surface area contributed by atoms with E-state index in [1.54, 1.807) is 4.90 Å². The molecular formula is C19H25N3O4S. The minimum Gasteiger partial charge on any atom is -0.469 e. The fourth-order valence-corrected chi connectivity index (χ4v) is 5.08. The van der Waals surface area contributed by atoms with Crippen LogP contribution >= 0.6 is 11.3 Å². The number of hydrogen-bond donors (Lipinski definition) is 1. The van der Waals surface area contributed by atoms with Gasteiger partial charge in [-0.3, -0.25) is 14.4 Å². The normalized spacial score (nSPS) is 28.3. The van der Waals surface area contributed by atoms with Crippen LogP contribution in [0.15, 0.2) is 17.5 Å². The number of esters is 1. The van der Waals surface area contributed by atoms with Gasteiger partial charge in [-0.05, 0) is 30.7 Å². The molecule has 3 unspecified atom stereocenters. The van der Waals surface area contributed by atoms with Crippen molar-refractivity contribution >= 4 is 29.1 Å². The Morgan fingerprint density at radius 1 is 1.19 bits per heavy atom. The Hall–Kier alpha value is -1.93. The van der Waals surface area contributed by atoms with Crippen LogP contribution in [-0.2, 0) is 19.1 Å². The molecule has 3 aliphatic rings. The van der Waals surface area contributed by atoms with Gasteiger partial charge in [-0.25, -0.2) is 0 Å². The number of likely N-dealkylation sites (tertiary alicyclic amines) is 1. The Bertz CT molecular complexity index is 713. The van der Waals surface area contributed by atoms with Crippen molar-refractivity contribution in [1.29, 1.82) is 0 Å². The first-order valence-corrected chi connectivity index (χ1v) is 10.4. The third-order valence-corrected chi connectivity index (χ3v) is 6.67. The van der Waals surface area contributed by atoms with Gasteiger partial charge < -0.3 is 19.9 Å². The molecule has 2 amide bonds. The quantitative estimate of drug-likeness (QED) is 0.776. The molecule has 27 heavy (non-hydrogen) atoms. The Morgan fingerprint density at radius 2 is 1.93 bits per heavy atom. The van der Waals surface area contributed by atoms with Gasteiger partial charge in [-0.2, -0.15) is 0 Å². The summed E-state index contributed by atoms with van der Waals surface area (Å²) in [6.45, 7) is 2.77. The van der Waals surface area contributed by atoms with Crippen molar-refractivity contribution in [2.24, 2.45) is 11.8 Å². The maximum Gasteiger partial charge on any atom is 0.311 e. The van der Waals surface area contributed by atoms with Crippen LogP contribution < -0.4 is 5.32 Å². The lowest BCUT2D eigenvalue weighted by molar-refractivity contribution is -0.148. The van der Waals surface area contributed by atoms with Gasteiger partial charge in [-0.1, -0.05) is 6.07 Å². The molecular weight excluding hydrogens is 366 g/mol. The van der Waals surface area contributed by atoms with E-state index in [1.165, 1.54) is 18.4 Å². The molecule has 0 radical (unpaired) electrons. The number of nitrogens with one attached hydrogen (secondary N) is 1. The van der Waals surface area contributed by atoms with Gasteiger partial charge in [-0.15, -0.1) is 11.3 Å². The van der Waals surface area contributed by atoms with Gasteiger partial charge in [0.2, 0.25) is 11.8 Å². The maximum atomic E-state index is 13.3. The molecule has 3 heterocycles. The fourth-order valence-electron chi connectivity index (χ4n) is 4.19. The van der Waals surface area contributed by atoms with Crippen LogP contribution in [0.25, 0.3) is 0 Å². The van der Waals surface area contributed by atoms with Crippen molar-refractivity contribution in [3.63, 3.8) is 0 Å². The summed E-state index contributed by atoms with van der Waals surface area (Å²) in [4.78, 5) is 43.5. The van der Waals surface area contributed by atoms with E-state index in [4.69, 9.17) is 4.74 Å². The Kier molecular flexibility index (Phi) is 5.19. The summed E-state index contributed by atoms with van der Waals surface area (Å²) in [6.07, 6.45) is 2.06. The van der Waals surface area contributed by atoms with E-state index in [2.05, 4.69) is 5.32 Å². The monoisotopic (exact) mass is 391 g/mol. The van der Waals surface area contributed by atoms with Crippen molar-refractivity contribution in [1.82, 2.24) is 15.1 Å². The Balaban J connectivity index is 1.69. The molecule has 3 fully saturated rings. The number of carbonyl (C=O) groups excluding carboxylic acids is 3. The second-order valence-electron chi connectivity index (χ2n) is 7.44. The van der Waals surface area contributed by atoms with Gasteiger partial charge >= 0.3 is 5.97 Å². The molecule has 0 spiro atoms. The molecule has 4 rings (SSSR count). The summed E-state index contributed by atoms with van der Waals surface area (Å²) < 4.78 is 5.03. The third-order valence-electron chi connectivity index (χ3n) is 5.73. The average molecular weight is 391 g/mol. The Morgan fingerprint density at radius 3 is 2.52 bits per heavy atom. The van der Waals surface area contributed by atoms with Crippen LogP contribution in [0.4, 0.5) is 0 Å². The second-order valence-corrected chi connectivity index (χ2v) is 8.42. The second kappa shape index (κ2) is 7.59. The van der Waals surface area contributed by atoms with E-state index in [9.17, 15) is 14.4 Å². The molecule has 1 aromatic rings. The van der Waals surface area contributed by atoms with Crippen LogP contribution in [0.2, 0.25) is 0 Å². The number of nitrogens with zero attached hydrogens (tertiary/aromatic N) is 2. The number of hydrogen-bond acceptors (Lipinski definition) is 6. The third kappa shape index (κ3) is 3.48. The lowest BCUT2D eigenvalue weighted by Crippen LogP contribution is -2.53. The molecule has 0 bridgehead atoms. The molecule has 1 N–H and O–H groups in total. The van der Waals surface area contributed by atoms with E-state index in [1.807, 2.05) is 22.4 Å². The molecule has 0 aromatic carbocycles. The zero-order chi connectivity index (χ0) is 19.0. The van der Waals surface area contributed by atoms with E-state index in [-0.39, 0.29) is 23.7 Å². The molecule has 2 aliphatic heterocycles. The number of thiophene rings is 1. The van der Waals surface area contributed by atoms with Crippen molar-refractivity contribution in [2.45, 2.75) is 31.3 Å². The lowest BCUT2D eigenvalue weighted by Gasteiger charge is -2.35. The van der Waals surface area contributed by atoms with Crippen molar-refractivity contribution in [2.75, 3.05) is 33.3 Å². The van der Waals surface area contributed by atoms with E-state index in [0.717, 1.165) is 30.8 Å². The highest BCUT2D eigenvalue weighted by Gasteiger charge is 2.54. The van der Waals surface area contributed by atoms with E-state index in [0.29, 0.717) is 19.5 Å². The van der Waals surface area contributed by atoms with E-state index >= 15 is 0 Å². The predicted molar refractivity (Wildman–Crippen MR) is 100.0 cm³/mol. The summed E-state index contributed by atoms with van der Waals surface area (Å²) in [7, 11) is 1.37. The van der Waals surface area contributed by atoms with Gasteiger partial charge in [0.25, 0.3) is 0 Å². The molecule has 2 saturated heterocycles. The first-order valence-electron chi connectivity index (χ1n) is 9.54. The van der Waals surface area contributed by atoms with Crippen molar-refractivity contribution in [3.05, 3.63) is 22.4 Å². The summed E-state index contributed by atoms with van der Waals surface area (Å²) >= 11 is 1.52. The predicted octanol–water partition coefficient (Wildman–Crippen LogP) is 1.02. The maximum absolute atomic E-state index is 13.3. The summed E-state index contributed by atoms with van der Waals surface area (Å²) in [5, 5.41) is 5.18. The Labute approximate surface area is 162 Å². The number of amides is 2. The number of ether oxygens (including phenoxy) is 1. The molecule has 7 nitrogen and oxygen atoms in total. The van der Waals surface area contributed by atoms with Crippen LogP contribution in [-0.4, -0.2) is 66.9 Å². The van der Waals surface area contributed by atoms with E-state index < -0.39 is 18.0 Å². The average Bonchev–Trinajstić information content (AvgIpc) is 3.27. The number of piperazine rings is 1. The molecule has 8 heteroatoms. The topological polar surface area (TPSA) is 79.0 Å². The summed E-state index contributed by atoms with van der Waals surface area (Å²) in [6, 6.07) is 2.85. The van der Waals surface area contributed by atoms with Gasteiger partial charge in [0, 0.05) is 37.0 Å².